The molecule has 0 bridgehead atoms. The lowest BCUT2D eigenvalue weighted by Gasteiger charge is -2.01. The molecule has 0 spiro atoms. The van der Waals surface area contributed by atoms with Crippen LogP contribution in [0.2, 0.25) is 0 Å². The number of anilines is 1. The standard InChI is InChI=1S/C12H13N5O/c1-7-8(2)18-10(15-7)6-17-11-9(16-12(17)13)4-3-5-14-11/h3-5H,6H2,1-2H3,(H2,13,16). The molecule has 2 N–H and O–H groups in total. The number of imidazole rings is 1. The molecule has 0 aromatic carbocycles. The summed E-state index contributed by atoms with van der Waals surface area (Å²) in [7, 11) is 0. The minimum absolute atomic E-state index is 0.414. The van der Waals surface area contributed by atoms with Gasteiger partial charge in [0.15, 0.2) is 5.65 Å². The molecule has 6 nitrogen and oxygen atoms in total. The number of aryl methyl sites for hydroxylation is 2. The quantitative estimate of drug-likeness (QED) is 0.740. The lowest BCUT2D eigenvalue weighted by Crippen LogP contribution is -2.05. The molecule has 92 valence electrons. The molecular weight excluding hydrogens is 230 g/mol. The second-order valence-electron chi connectivity index (χ2n) is 4.15. The predicted molar refractivity (Wildman–Crippen MR) is 67.0 cm³/mol. The fraction of sp³-hybridized carbons (Fsp3) is 0.250. The molecule has 0 aliphatic carbocycles. The number of nitrogens with zero attached hydrogens (tertiary/aromatic N) is 4. The number of hydrogen-bond donors (Lipinski definition) is 1. The number of fused-ring (bicyclic) bond motifs is 1. The van der Waals surface area contributed by atoms with E-state index in [1.807, 2.05) is 26.0 Å². The highest BCUT2D eigenvalue weighted by molar-refractivity contribution is 5.73. The number of nitrogen functional groups attached to an aromatic ring is 1. The maximum atomic E-state index is 5.89. The number of oxazole rings is 1. The van der Waals surface area contributed by atoms with Gasteiger partial charge in [0.2, 0.25) is 11.8 Å². The van der Waals surface area contributed by atoms with Crippen molar-refractivity contribution >= 4 is 17.1 Å². The van der Waals surface area contributed by atoms with E-state index in [4.69, 9.17) is 10.2 Å². The molecule has 0 radical (unpaired) electrons. The van der Waals surface area contributed by atoms with Gasteiger partial charge in [-0.15, -0.1) is 0 Å². The van der Waals surface area contributed by atoms with Crippen molar-refractivity contribution in [3.63, 3.8) is 0 Å². The van der Waals surface area contributed by atoms with E-state index in [-0.39, 0.29) is 0 Å². The van der Waals surface area contributed by atoms with Crippen molar-refractivity contribution in [1.29, 1.82) is 0 Å². The van der Waals surface area contributed by atoms with E-state index in [2.05, 4.69) is 15.0 Å². The highest BCUT2D eigenvalue weighted by Gasteiger charge is 2.12. The van der Waals surface area contributed by atoms with Gasteiger partial charge in [0.1, 0.15) is 17.8 Å². The Morgan fingerprint density at radius 2 is 2.17 bits per heavy atom. The van der Waals surface area contributed by atoms with Crippen LogP contribution in [0.1, 0.15) is 17.3 Å². The molecule has 3 aromatic heterocycles. The molecule has 3 heterocycles. The summed E-state index contributed by atoms with van der Waals surface area (Å²) in [6, 6.07) is 3.71. The first-order valence-electron chi connectivity index (χ1n) is 5.65. The Bertz CT molecular complexity index is 693. The van der Waals surface area contributed by atoms with Gasteiger partial charge >= 0.3 is 0 Å². The third-order valence-electron chi connectivity index (χ3n) is 2.90. The molecular formula is C12H13N5O. The zero-order chi connectivity index (χ0) is 12.7. The van der Waals surface area contributed by atoms with E-state index in [9.17, 15) is 0 Å². The van der Waals surface area contributed by atoms with Crippen molar-refractivity contribution in [3.8, 4) is 0 Å². The van der Waals surface area contributed by atoms with E-state index < -0.39 is 0 Å². The zero-order valence-electron chi connectivity index (χ0n) is 10.2. The largest absolute Gasteiger partial charge is 0.444 e. The summed E-state index contributed by atoms with van der Waals surface area (Å²) in [5.74, 6) is 1.85. The van der Waals surface area contributed by atoms with Crippen molar-refractivity contribution in [2.24, 2.45) is 0 Å². The minimum atomic E-state index is 0.414. The van der Waals surface area contributed by atoms with Crippen LogP contribution in [-0.4, -0.2) is 19.5 Å². The molecule has 6 heteroatoms. The first-order chi connectivity index (χ1) is 8.65. The average Bonchev–Trinajstić information content (AvgIpc) is 2.82. The van der Waals surface area contributed by atoms with Gasteiger partial charge in [0.25, 0.3) is 0 Å². The molecule has 18 heavy (non-hydrogen) atoms. The number of rotatable bonds is 2. The Morgan fingerprint density at radius 3 is 2.89 bits per heavy atom. The van der Waals surface area contributed by atoms with Crippen LogP contribution in [-0.2, 0) is 6.54 Å². The van der Waals surface area contributed by atoms with Gasteiger partial charge in [-0.25, -0.2) is 15.0 Å². The van der Waals surface area contributed by atoms with Gasteiger partial charge in [0.05, 0.1) is 5.69 Å². The maximum Gasteiger partial charge on any atom is 0.214 e. The fourth-order valence-corrected chi connectivity index (χ4v) is 1.87. The Morgan fingerprint density at radius 1 is 1.33 bits per heavy atom. The number of aromatic nitrogens is 4. The van der Waals surface area contributed by atoms with Gasteiger partial charge in [-0.1, -0.05) is 0 Å². The maximum absolute atomic E-state index is 5.89. The molecule has 0 saturated carbocycles. The van der Waals surface area contributed by atoms with Crippen LogP contribution in [0.4, 0.5) is 5.95 Å². The lowest BCUT2D eigenvalue weighted by molar-refractivity contribution is 0.460. The van der Waals surface area contributed by atoms with Crippen LogP contribution < -0.4 is 5.73 Å². The summed E-state index contributed by atoms with van der Waals surface area (Å²) in [6.45, 7) is 4.24. The van der Waals surface area contributed by atoms with Gasteiger partial charge in [-0.05, 0) is 26.0 Å². The number of nitrogens with two attached hydrogens (primary N) is 1. The summed E-state index contributed by atoms with van der Waals surface area (Å²) >= 11 is 0. The van der Waals surface area contributed by atoms with Gasteiger partial charge < -0.3 is 10.2 Å². The highest BCUT2D eigenvalue weighted by Crippen LogP contribution is 2.17. The van der Waals surface area contributed by atoms with E-state index in [1.54, 1.807) is 10.8 Å². The van der Waals surface area contributed by atoms with E-state index in [0.717, 1.165) is 22.6 Å². The molecule has 0 unspecified atom stereocenters. The second-order valence-corrected chi connectivity index (χ2v) is 4.15. The molecule has 0 saturated heterocycles. The molecule has 0 atom stereocenters. The average molecular weight is 243 g/mol. The Labute approximate surface area is 103 Å². The van der Waals surface area contributed by atoms with Crippen LogP contribution >= 0.6 is 0 Å². The van der Waals surface area contributed by atoms with Crippen LogP contribution in [0.3, 0.4) is 0 Å². The molecule has 0 aliphatic rings. The Kier molecular flexibility index (Phi) is 2.29. The van der Waals surface area contributed by atoms with Crippen molar-refractivity contribution in [2.45, 2.75) is 20.4 Å². The van der Waals surface area contributed by atoms with Crippen molar-refractivity contribution in [2.75, 3.05) is 5.73 Å². The molecule has 3 rings (SSSR count). The topological polar surface area (TPSA) is 82.8 Å². The van der Waals surface area contributed by atoms with Crippen LogP contribution in [0.15, 0.2) is 22.7 Å². The summed E-state index contributed by atoms with van der Waals surface area (Å²) in [5, 5.41) is 0. The number of pyridine rings is 1. The van der Waals surface area contributed by atoms with Crippen LogP contribution in [0.5, 0.6) is 0 Å². The van der Waals surface area contributed by atoms with Crippen LogP contribution in [0.25, 0.3) is 11.2 Å². The molecule has 0 aliphatic heterocycles. The minimum Gasteiger partial charge on any atom is -0.444 e. The first-order valence-corrected chi connectivity index (χ1v) is 5.65. The molecule has 3 aromatic rings. The third-order valence-corrected chi connectivity index (χ3v) is 2.90. The van der Waals surface area contributed by atoms with E-state index in [1.165, 1.54) is 0 Å². The molecule has 0 amide bonds. The van der Waals surface area contributed by atoms with Gasteiger partial charge in [0, 0.05) is 6.20 Å². The Balaban J connectivity index is 2.06. The summed E-state index contributed by atoms with van der Waals surface area (Å²) in [6.07, 6.45) is 1.71. The lowest BCUT2D eigenvalue weighted by atomic mass is 10.4. The third kappa shape index (κ3) is 1.62. The summed E-state index contributed by atoms with van der Waals surface area (Å²) < 4.78 is 7.34. The summed E-state index contributed by atoms with van der Waals surface area (Å²) in [5.41, 5.74) is 8.29. The van der Waals surface area contributed by atoms with Crippen molar-refractivity contribution in [1.82, 2.24) is 19.5 Å². The normalized spacial score (nSPS) is 11.2. The second kappa shape index (κ2) is 3.83. The Hall–Kier alpha value is -2.37. The SMILES string of the molecule is Cc1nc(Cn2c(N)nc3cccnc32)oc1C. The van der Waals surface area contributed by atoms with E-state index in [0.29, 0.717) is 18.4 Å². The summed E-state index contributed by atoms with van der Waals surface area (Å²) in [4.78, 5) is 12.9. The van der Waals surface area contributed by atoms with E-state index >= 15 is 0 Å². The van der Waals surface area contributed by atoms with Gasteiger partial charge in [-0.2, -0.15) is 0 Å². The number of hydrogen-bond acceptors (Lipinski definition) is 5. The first kappa shape index (κ1) is 10.8. The van der Waals surface area contributed by atoms with Crippen LogP contribution in [0, 0.1) is 13.8 Å². The van der Waals surface area contributed by atoms with Gasteiger partial charge in [-0.3, -0.25) is 4.57 Å². The van der Waals surface area contributed by atoms with Crippen molar-refractivity contribution in [3.05, 3.63) is 35.7 Å². The predicted octanol–water partition coefficient (Wildman–Crippen LogP) is 1.67. The monoisotopic (exact) mass is 243 g/mol. The highest BCUT2D eigenvalue weighted by atomic mass is 16.4. The fourth-order valence-electron chi connectivity index (χ4n) is 1.87. The van der Waals surface area contributed by atoms with Crippen molar-refractivity contribution < 1.29 is 4.42 Å². The molecule has 0 fully saturated rings. The smallest absolute Gasteiger partial charge is 0.214 e. The zero-order valence-corrected chi connectivity index (χ0v) is 10.2.